The summed E-state index contributed by atoms with van der Waals surface area (Å²) in [4.78, 5) is 12.7. The fourth-order valence-electron chi connectivity index (χ4n) is 4.00. The number of nitrogens with zero attached hydrogens (tertiary/aromatic N) is 3. The van der Waals surface area contributed by atoms with Crippen LogP contribution in [0.3, 0.4) is 0 Å². The van der Waals surface area contributed by atoms with Crippen molar-refractivity contribution in [2.24, 2.45) is 5.10 Å². The maximum atomic E-state index is 12.7. The quantitative estimate of drug-likeness (QED) is 0.169. The van der Waals surface area contributed by atoms with Crippen LogP contribution in [0.15, 0.2) is 120 Å². The normalized spacial score (nSPS) is 11.8. The Hall–Kier alpha value is -5.17. The number of hydrogen-bond donors (Lipinski definition) is 1. The molecule has 1 amide bonds. The molecule has 0 aliphatic rings. The molecule has 200 valence electrons. The molecule has 0 fully saturated rings. The van der Waals surface area contributed by atoms with Crippen LogP contribution in [0.2, 0.25) is 0 Å². The lowest BCUT2D eigenvalue weighted by atomic mass is 10.1. The topological polar surface area (TPSA) is 77.7 Å². The average molecular weight is 531 g/mol. The van der Waals surface area contributed by atoms with Crippen LogP contribution in [0.25, 0.3) is 16.9 Å². The van der Waals surface area contributed by atoms with E-state index in [9.17, 15) is 4.79 Å². The molecule has 1 heterocycles. The van der Waals surface area contributed by atoms with Crippen molar-refractivity contribution in [3.05, 3.63) is 132 Å². The molecule has 0 aliphatic carbocycles. The van der Waals surface area contributed by atoms with Gasteiger partial charge >= 0.3 is 0 Å². The summed E-state index contributed by atoms with van der Waals surface area (Å²) in [5.74, 6) is 0.913. The number of para-hydroxylation sites is 1. The highest BCUT2D eigenvalue weighted by Gasteiger charge is 2.15. The van der Waals surface area contributed by atoms with Crippen molar-refractivity contribution in [1.82, 2.24) is 15.2 Å². The van der Waals surface area contributed by atoms with Gasteiger partial charge in [-0.05, 0) is 55.8 Å². The minimum Gasteiger partial charge on any atom is -0.489 e. The Morgan fingerprint density at radius 2 is 1.55 bits per heavy atom. The van der Waals surface area contributed by atoms with E-state index in [4.69, 9.17) is 14.6 Å². The zero-order valence-electron chi connectivity index (χ0n) is 22.4. The van der Waals surface area contributed by atoms with Gasteiger partial charge in [-0.2, -0.15) is 10.2 Å². The first-order valence-corrected chi connectivity index (χ1v) is 13.0. The first-order valence-electron chi connectivity index (χ1n) is 13.0. The minimum atomic E-state index is -0.753. The summed E-state index contributed by atoms with van der Waals surface area (Å²) in [5, 5.41) is 8.99. The number of carbonyl (C=O) groups is 1. The van der Waals surface area contributed by atoms with E-state index < -0.39 is 6.10 Å². The van der Waals surface area contributed by atoms with Crippen molar-refractivity contribution in [3.63, 3.8) is 0 Å². The zero-order valence-corrected chi connectivity index (χ0v) is 22.4. The first-order chi connectivity index (χ1) is 19.5. The summed E-state index contributed by atoms with van der Waals surface area (Å²) < 4.78 is 13.4. The Balaban J connectivity index is 1.21. The van der Waals surface area contributed by atoms with E-state index in [2.05, 4.69) is 10.5 Å². The Morgan fingerprint density at radius 3 is 2.25 bits per heavy atom. The van der Waals surface area contributed by atoms with Crippen molar-refractivity contribution in [3.8, 4) is 28.4 Å². The molecule has 1 N–H and O–H groups in total. The molecule has 0 saturated heterocycles. The Kier molecular flexibility index (Phi) is 8.32. The Morgan fingerprint density at radius 1 is 0.900 bits per heavy atom. The first kappa shape index (κ1) is 26.4. The third-order valence-corrected chi connectivity index (χ3v) is 6.22. The average Bonchev–Trinajstić information content (AvgIpc) is 3.42. The molecule has 0 saturated carbocycles. The van der Waals surface area contributed by atoms with Gasteiger partial charge in [-0.25, -0.2) is 10.1 Å². The molecule has 5 aromatic rings. The highest BCUT2D eigenvalue weighted by molar-refractivity contribution is 5.90. The second kappa shape index (κ2) is 12.6. The van der Waals surface area contributed by atoms with E-state index in [1.165, 1.54) is 0 Å². The minimum absolute atomic E-state index is 0.368. The van der Waals surface area contributed by atoms with Crippen LogP contribution in [-0.4, -0.2) is 28.0 Å². The molecule has 1 atom stereocenters. The van der Waals surface area contributed by atoms with E-state index in [1.807, 2.05) is 110 Å². The summed E-state index contributed by atoms with van der Waals surface area (Å²) in [6, 6.07) is 35.1. The van der Waals surface area contributed by atoms with Gasteiger partial charge < -0.3 is 9.47 Å². The Bertz CT molecular complexity index is 1560. The van der Waals surface area contributed by atoms with Crippen LogP contribution < -0.4 is 14.9 Å². The van der Waals surface area contributed by atoms with Gasteiger partial charge in [0.15, 0.2) is 6.10 Å². The monoisotopic (exact) mass is 530 g/mol. The van der Waals surface area contributed by atoms with Crippen LogP contribution >= 0.6 is 0 Å². The highest BCUT2D eigenvalue weighted by atomic mass is 16.5. The predicted octanol–water partition coefficient (Wildman–Crippen LogP) is 6.34. The van der Waals surface area contributed by atoms with Crippen molar-refractivity contribution in [2.45, 2.75) is 26.6 Å². The number of ether oxygens (including phenoxy) is 2. The van der Waals surface area contributed by atoms with E-state index in [1.54, 1.807) is 30.0 Å². The fraction of sp³-hybridized carbons (Fsp3) is 0.121. The predicted molar refractivity (Wildman–Crippen MR) is 157 cm³/mol. The van der Waals surface area contributed by atoms with E-state index in [-0.39, 0.29) is 5.91 Å². The van der Waals surface area contributed by atoms with Gasteiger partial charge in [-0.15, -0.1) is 0 Å². The van der Waals surface area contributed by atoms with Gasteiger partial charge in [0, 0.05) is 17.3 Å². The second-order valence-electron chi connectivity index (χ2n) is 9.32. The molecule has 0 aliphatic heterocycles. The number of nitrogens with one attached hydrogen (secondary N) is 1. The smallest absolute Gasteiger partial charge is 0.280 e. The number of benzene rings is 4. The maximum absolute atomic E-state index is 12.7. The lowest BCUT2D eigenvalue weighted by Gasteiger charge is -2.13. The molecule has 1 aromatic heterocycles. The standard InChI is InChI=1S/C33H30N4O3/c1-24-13-15-27(16-14-24)32-28(22-37(36-32)29-11-7-4-8-12-29)21-34-35-33(38)25(2)40-31-19-17-30(18-20-31)39-23-26-9-5-3-6-10-26/h3-22,25H,23H2,1-2H3,(H,35,38)/b34-21-/t25-/m0/s1. The molecule has 5 rings (SSSR count). The van der Waals surface area contributed by atoms with Crippen molar-refractivity contribution >= 4 is 12.1 Å². The van der Waals surface area contributed by atoms with Gasteiger partial charge in [-0.1, -0.05) is 78.4 Å². The molecule has 7 nitrogen and oxygen atoms in total. The van der Waals surface area contributed by atoms with Crippen molar-refractivity contribution in [2.75, 3.05) is 0 Å². The molecular formula is C33H30N4O3. The lowest BCUT2D eigenvalue weighted by molar-refractivity contribution is -0.127. The summed E-state index contributed by atoms with van der Waals surface area (Å²) in [6.07, 6.45) is 2.74. The zero-order chi connectivity index (χ0) is 27.7. The van der Waals surface area contributed by atoms with Crippen LogP contribution in [0.1, 0.15) is 23.6 Å². The van der Waals surface area contributed by atoms with E-state index in [0.717, 1.165) is 39.4 Å². The van der Waals surface area contributed by atoms with Crippen molar-refractivity contribution in [1.29, 1.82) is 0 Å². The van der Waals surface area contributed by atoms with Gasteiger partial charge in [0.1, 0.15) is 23.8 Å². The summed E-state index contributed by atoms with van der Waals surface area (Å²) in [6.45, 7) is 4.20. The molecular weight excluding hydrogens is 500 g/mol. The molecule has 0 radical (unpaired) electrons. The largest absolute Gasteiger partial charge is 0.489 e. The van der Waals surface area contributed by atoms with Gasteiger partial charge in [0.05, 0.1) is 11.9 Å². The number of amides is 1. The number of aryl methyl sites for hydroxylation is 1. The van der Waals surface area contributed by atoms with Crippen LogP contribution in [0.5, 0.6) is 11.5 Å². The number of aromatic nitrogens is 2. The van der Waals surface area contributed by atoms with Crippen molar-refractivity contribution < 1.29 is 14.3 Å². The molecule has 0 unspecified atom stereocenters. The third-order valence-electron chi connectivity index (χ3n) is 6.22. The molecule has 4 aromatic carbocycles. The van der Waals surface area contributed by atoms with Crippen LogP contribution in [0, 0.1) is 6.92 Å². The SMILES string of the molecule is Cc1ccc(-c2nn(-c3ccccc3)cc2/C=N\NC(=O)[C@H](C)Oc2ccc(OCc3ccccc3)cc2)cc1. The van der Waals surface area contributed by atoms with Crippen LogP contribution in [0.4, 0.5) is 0 Å². The number of hydrazone groups is 1. The van der Waals surface area contributed by atoms with E-state index >= 15 is 0 Å². The molecule has 40 heavy (non-hydrogen) atoms. The number of rotatable bonds is 10. The maximum Gasteiger partial charge on any atom is 0.280 e. The fourth-order valence-corrected chi connectivity index (χ4v) is 4.00. The van der Waals surface area contributed by atoms with Crippen LogP contribution in [-0.2, 0) is 11.4 Å². The number of hydrogen-bond acceptors (Lipinski definition) is 5. The highest BCUT2D eigenvalue weighted by Crippen LogP contribution is 2.23. The number of carbonyl (C=O) groups excluding carboxylic acids is 1. The van der Waals surface area contributed by atoms with Gasteiger partial charge in [0.2, 0.25) is 0 Å². The Labute approximate surface area is 233 Å². The lowest BCUT2D eigenvalue weighted by Crippen LogP contribution is -2.33. The summed E-state index contributed by atoms with van der Waals surface area (Å²) >= 11 is 0. The third kappa shape index (κ3) is 6.82. The van der Waals surface area contributed by atoms with Gasteiger partial charge in [-0.3, -0.25) is 4.79 Å². The molecule has 0 bridgehead atoms. The second-order valence-corrected chi connectivity index (χ2v) is 9.32. The summed E-state index contributed by atoms with van der Waals surface area (Å²) in [5.41, 5.74) is 8.26. The van der Waals surface area contributed by atoms with Gasteiger partial charge in [0.25, 0.3) is 5.91 Å². The molecule has 7 heteroatoms. The summed E-state index contributed by atoms with van der Waals surface area (Å²) in [7, 11) is 0. The van der Waals surface area contributed by atoms with E-state index in [0.29, 0.717) is 12.4 Å². The molecule has 0 spiro atoms.